The number of benzene rings is 2. The number of hydrogen-bond donors (Lipinski definition) is 0. The molecule has 0 aliphatic carbocycles. The predicted molar refractivity (Wildman–Crippen MR) is 104 cm³/mol. The van der Waals surface area contributed by atoms with Crippen molar-refractivity contribution < 1.29 is 9.59 Å². The lowest BCUT2D eigenvalue weighted by Crippen LogP contribution is -2.31. The molecule has 3 rings (SSSR count). The fraction of sp³-hybridized carbons (Fsp3) is 0.304. The second kappa shape index (κ2) is 8.61. The third kappa shape index (κ3) is 3.93. The van der Waals surface area contributed by atoms with Gasteiger partial charge in [0.15, 0.2) is 0 Å². The minimum Gasteiger partial charge on any atom is -0.270 e. The Kier molecular flexibility index (Phi) is 6.00. The lowest BCUT2D eigenvalue weighted by molar-refractivity contribution is -0.137. The van der Waals surface area contributed by atoms with Crippen molar-refractivity contribution in [2.24, 2.45) is 0 Å². The first-order valence-corrected chi connectivity index (χ1v) is 9.41. The Labute approximate surface area is 155 Å². The molecule has 134 valence electrons. The van der Waals surface area contributed by atoms with E-state index in [9.17, 15) is 9.59 Å². The highest BCUT2D eigenvalue weighted by Crippen LogP contribution is 2.33. The summed E-state index contributed by atoms with van der Waals surface area (Å²) in [7, 11) is 0. The number of imide groups is 1. The molecule has 0 aromatic heterocycles. The van der Waals surface area contributed by atoms with E-state index in [1.807, 2.05) is 60.7 Å². The highest BCUT2D eigenvalue weighted by Gasteiger charge is 2.38. The van der Waals surface area contributed by atoms with Crippen LogP contribution in [-0.4, -0.2) is 16.7 Å². The van der Waals surface area contributed by atoms with Gasteiger partial charge in [-0.1, -0.05) is 86.8 Å². The van der Waals surface area contributed by atoms with E-state index in [1.54, 1.807) is 0 Å². The maximum Gasteiger partial charge on any atom is 0.262 e. The van der Waals surface area contributed by atoms with E-state index in [4.69, 9.17) is 0 Å². The summed E-state index contributed by atoms with van der Waals surface area (Å²) in [6.45, 7) is 2.49. The average molecular weight is 347 g/mol. The van der Waals surface area contributed by atoms with E-state index in [-0.39, 0.29) is 11.8 Å². The van der Waals surface area contributed by atoms with Crippen molar-refractivity contribution >= 4 is 17.4 Å². The highest BCUT2D eigenvalue weighted by molar-refractivity contribution is 6.35. The topological polar surface area (TPSA) is 37.4 Å². The molecule has 0 fully saturated rings. The molecule has 2 aromatic carbocycles. The molecule has 26 heavy (non-hydrogen) atoms. The maximum absolute atomic E-state index is 13.1. The first kappa shape index (κ1) is 18.1. The van der Waals surface area contributed by atoms with Crippen LogP contribution in [0.5, 0.6) is 0 Å². The van der Waals surface area contributed by atoms with E-state index >= 15 is 0 Å². The Balaban J connectivity index is 1.87. The van der Waals surface area contributed by atoms with E-state index < -0.39 is 0 Å². The second-order valence-electron chi connectivity index (χ2n) is 6.71. The third-order valence-corrected chi connectivity index (χ3v) is 4.79. The number of unbranched alkanes of at least 4 members (excludes halogenated alkanes) is 3. The lowest BCUT2D eigenvalue weighted by atomic mass is 9.97. The van der Waals surface area contributed by atoms with Gasteiger partial charge in [-0.2, -0.15) is 0 Å². The molecule has 0 radical (unpaired) electrons. The Bertz CT molecular complexity index is 793. The molecule has 0 saturated heterocycles. The molecule has 0 bridgehead atoms. The number of carbonyl (C=O) groups excluding carboxylic acids is 2. The molecule has 1 aliphatic rings. The highest BCUT2D eigenvalue weighted by atomic mass is 16.2. The van der Waals surface area contributed by atoms with Crippen LogP contribution in [0.2, 0.25) is 0 Å². The number of hydrogen-bond acceptors (Lipinski definition) is 2. The van der Waals surface area contributed by atoms with E-state index in [0.29, 0.717) is 24.1 Å². The molecule has 2 aromatic rings. The summed E-state index contributed by atoms with van der Waals surface area (Å²) in [5.74, 6) is -0.301. The summed E-state index contributed by atoms with van der Waals surface area (Å²) in [5.41, 5.74) is 3.07. The van der Waals surface area contributed by atoms with E-state index in [0.717, 1.165) is 36.8 Å². The van der Waals surface area contributed by atoms with Crippen LogP contribution in [0.4, 0.5) is 0 Å². The minimum atomic E-state index is -0.171. The van der Waals surface area contributed by atoms with E-state index in [1.165, 1.54) is 4.90 Å². The molecule has 3 nitrogen and oxygen atoms in total. The van der Waals surface area contributed by atoms with Crippen LogP contribution in [0.15, 0.2) is 66.2 Å². The summed E-state index contributed by atoms with van der Waals surface area (Å²) in [6, 6.07) is 19.3. The van der Waals surface area contributed by atoms with Crippen molar-refractivity contribution in [2.75, 3.05) is 0 Å². The van der Waals surface area contributed by atoms with Gasteiger partial charge in [0.1, 0.15) is 0 Å². The molecule has 1 heterocycles. The van der Waals surface area contributed by atoms with E-state index in [2.05, 4.69) is 6.92 Å². The Morgan fingerprint density at radius 3 is 2.08 bits per heavy atom. The number of amides is 2. The van der Waals surface area contributed by atoms with Gasteiger partial charge >= 0.3 is 0 Å². The minimum absolute atomic E-state index is 0.130. The van der Waals surface area contributed by atoms with Crippen molar-refractivity contribution in [3.63, 3.8) is 0 Å². The fourth-order valence-electron chi connectivity index (χ4n) is 3.40. The average Bonchev–Trinajstić information content (AvgIpc) is 2.91. The summed E-state index contributed by atoms with van der Waals surface area (Å²) in [5, 5.41) is 0. The largest absolute Gasteiger partial charge is 0.270 e. The molecule has 2 amide bonds. The predicted octanol–water partition coefficient (Wildman–Crippen LogP) is 4.98. The van der Waals surface area contributed by atoms with Gasteiger partial charge in [-0.15, -0.1) is 0 Å². The first-order chi connectivity index (χ1) is 12.7. The zero-order valence-corrected chi connectivity index (χ0v) is 15.3. The van der Waals surface area contributed by atoms with Gasteiger partial charge in [-0.05, 0) is 24.0 Å². The van der Waals surface area contributed by atoms with Crippen molar-refractivity contribution in [3.05, 3.63) is 77.4 Å². The smallest absolute Gasteiger partial charge is 0.262 e. The van der Waals surface area contributed by atoms with Crippen molar-refractivity contribution in [1.82, 2.24) is 4.90 Å². The van der Waals surface area contributed by atoms with Gasteiger partial charge in [0.05, 0.1) is 12.1 Å². The molecule has 0 unspecified atom stereocenters. The van der Waals surface area contributed by atoms with Crippen LogP contribution in [0.25, 0.3) is 5.57 Å². The Hall–Kier alpha value is -2.68. The van der Waals surface area contributed by atoms with Crippen LogP contribution >= 0.6 is 0 Å². The number of rotatable bonds is 8. The van der Waals surface area contributed by atoms with Gasteiger partial charge in [0.25, 0.3) is 11.8 Å². The molecule has 0 spiro atoms. The van der Waals surface area contributed by atoms with Gasteiger partial charge in [-0.3, -0.25) is 14.5 Å². The number of carbonyl (C=O) groups is 2. The number of nitrogens with zero attached hydrogens (tertiary/aromatic N) is 1. The van der Waals surface area contributed by atoms with Gasteiger partial charge in [-0.25, -0.2) is 0 Å². The van der Waals surface area contributed by atoms with Crippen LogP contribution in [-0.2, 0) is 16.1 Å². The Morgan fingerprint density at radius 1 is 0.769 bits per heavy atom. The van der Waals surface area contributed by atoms with Crippen molar-refractivity contribution in [2.45, 2.75) is 45.6 Å². The van der Waals surface area contributed by atoms with Gasteiger partial charge < -0.3 is 0 Å². The Morgan fingerprint density at radius 2 is 1.42 bits per heavy atom. The lowest BCUT2D eigenvalue weighted by Gasteiger charge is -2.15. The van der Waals surface area contributed by atoms with Crippen molar-refractivity contribution in [3.8, 4) is 0 Å². The summed E-state index contributed by atoms with van der Waals surface area (Å²) in [4.78, 5) is 27.5. The summed E-state index contributed by atoms with van der Waals surface area (Å²) in [6.07, 6.45) is 5.00. The molecule has 0 N–H and O–H groups in total. The van der Waals surface area contributed by atoms with Gasteiger partial charge in [0.2, 0.25) is 0 Å². The molecule has 1 aliphatic heterocycles. The summed E-state index contributed by atoms with van der Waals surface area (Å²) < 4.78 is 0. The van der Waals surface area contributed by atoms with Crippen LogP contribution in [0.3, 0.4) is 0 Å². The maximum atomic E-state index is 13.1. The standard InChI is InChI=1S/C23H25NO2/c1-2-3-4-11-16-20-21(19-14-9-6-10-15-19)23(26)24(22(20)25)17-18-12-7-5-8-13-18/h5-10,12-15H,2-4,11,16-17H2,1H3. The molecule has 0 atom stereocenters. The summed E-state index contributed by atoms with van der Waals surface area (Å²) >= 11 is 0. The normalized spacial score (nSPS) is 14.4. The fourth-order valence-corrected chi connectivity index (χ4v) is 3.40. The first-order valence-electron chi connectivity index (χ1n) is 9.41. The van der Waals surface area contributed by atoms with Crippen LogP contribution in [0, 0.1) is 0 Å². The van der Waals surface area contributed by atoms with Gasteiger partial charge in [0, 0.05) is 5.57 Å². The molecule has 0 saturated carbocycles. The zero-order valence-electron chi connectivity index (χ0n) is 15.3. The molecule has 3 heteroatoms. The van der Waals surface area contributed by atoms with Crippen molar-refractivity contribution in [1.29, 1.82) is 0 Å². The quantitative estimate of drug-likeness (QED) is 0.499. The molecular formula is C23H25NO2. The SMILES string of the molecule is CCCCCCC1=C(c2ccccc2)C(=O)N(Cc2ccccc2)C1=O. The monoisotopic (exact) mass is 347 g/mol. The van der Waals surface area contributed by atoms with Crippen LogP contribution < -0.4 is 0 Å². The molecular weight excluding hydrogens is 322 g/mol. The third-order valence-electron chi connectivity index (χ3n) is 4.79. The second-order valence-corrected chi connectivity index (χ2v) is 6.71. The van der Waals surface area contributed by atoms with Crippen LogP contribution in [0.1, 0.15) is 50.2 Å². The zero-order chi connectivity index (χ0) is 18.4.